The molecule has 2 heterocycles. The van der Waals surface area contributed by atoms with E-state index in [1.54, 1.807) is 6.20 Å². The van der Waals surface area contributed by atoms with Crippen LogP contribution in [0.15, 0.2) is 22.8 Å². The maximum atomic E-state index is 11.9. The number of anilines is 1. The molecule has 0 radical (unpaired) electrons. The predicted molar refractivity (Wildman–Crippen MR) is 70.9 cm³/mol. The summed E-state index contributed by atoms with van der Waals surface area (Å²) in [6.07, 6.45) is 5.21. The summed E-state index contributed by atoms with van der Waals surface area (Å²) in [5, 5.41) is 3.05. The van der Waals surface area contributed by atoms with Crippen molar-refractivity contribution in [3.05, 3.63) is 22.8 Å². The molecule has 1 saturated heterocycles. The summed E-state index contributed by atoms with van der Waals surface area (Å²) in [6, 6.07) is 3.76. The molecule has 17 heavy (non-hydrogen) atoms. The molecule has 0 aromatic carbocycles. The van der Waals surface area contributed by atoms with Gasteiger partial charge >= 0.3 is 0 Å². The number of aromatic nitrogens is 1. The monoisotopic (exact) mass is 297 g/mol. The Kier molecular flexibility index (Phi) is 4.36. The molecule has 1 N–H and O–H groups in total. The Hall–Kier alpha value is -1.10. The average Bonchev–Trinajstić information content (AvgIpc) is 2.39. The van der Waals surface area contributed by atoms with Gasteiger partial charge in [0.15, 0.2) is 0 Å². The third kappa shape index (κ3) is 3.70. The molecule has 0 spiro atoms. The van der Waals surface area contributed by atoms with Crippen molar-refractivity contribution < 1.29 is 4.79 Å². The number of carbonyl (C=O) groups is 1. The number of rotatable bonds is 3. The molecular formula is C12H16BrN3O. The van der Waals surface area contributed by atoms with Crippen LogP contribution in [0, 0.1) is 0 Å². The fourth-order valence-corrected chi connectivity index (χ4v) is 2.14. The molecule has 0 atom stereocenters. The smallest absolute Gasteiger partial charge is 0.241 e. The Bertz CT molecular complexity index is 374. The second-order valence-corrected chi connectivity index (χ2v) is 5.07. The lowest BCUT2D eigenvalue weighted by molar-refractivity contribution is -0.130. The minimum atomic E-state index is 0.161. The van der Waals surface area contributed by atoms with Gasteiger partial charge in [0.1, 0.15) is 5.82 Å². The number of nitrogens with zero attached hydrogens (tertiary/aromatic N) is 2. The lowest BCUT2D eigenvalue weighted by atomic mass is 10.1. The Labute approximate surface area is 110 Å². The number of pyridine rings is 1. The van der Waals surface area contributed by atoms with Gasteiger partial charge in [0.2, 0.25) is 5.91 Å². The van der Waals surface area contributed by atoms with Gasteiger partial charge in [0, 0.05) is 23.8 Å². The fraction of sp³-hybridized carbons (Fsp3) is 0.500. The molecule has 0 bridgehead atoms. The third-order valence-corrected chi connectivity index (χ3v) is 3.33. The number of amides is 1. The average molecular weight is 298 g/mol. The standard InChI is InChI=1S/C12H16BrN3O/c13-10-4-5-11(14-8-10)15-9-12(17)16-6-2-1-3-7-16/h4-5,8H,1-3,6-7,9H2,(H,14,15). The minimum absolute atomic E-state index is 0.161. The van der Waals surface area contributed by atoms with Gasteiger partial charge in [-0.15, -0.1) is 0 Å². The Balaban J connectivity index is 1.81. The van der Waals surface area contributed by atoms with E-state index in [0.29, 0.717) is 6.54 Å². The van der Waals surface area contributed by atoms with E-state index in [1.807, 2.05) is 17.0 Å². The molecule has 1 aliphatic rings. The first-order chi connectivity index (χ1) is 8.25. The van der Waals surface area contributed by atoms with Crippen molar-refractivity contribution in [1.29, 1.82) is 0 Å². The molecule has 4 nitrogen and oxygen atoms in total. The summed E-state index contributed by atoms with van der Waals surface area (Å²) in [5.41, 5.74) is 0. The van der Waals surface area contributed by atoms with E-state index in [-0.39, 0.29) is 5.91 Å². The molecule has 5 heteroatoms. The van der Waals surface area contributed by atoms with Gasteiger partial charge in [-0.05, 0) is 47.3 Å². The third-order valence-electron chi connectivity index (χ3n) is 2.86. The second kappa shape index (κ2) is 6.00. The highest BCUT2D eigenvalue weighted by molar-refractivity contribution is 9.10. The summed E-state index contributed by atoms with van der Waals surface area (Å²) in [7, 11) is 0. The van der Waals surface area contributed by atoms with Gasteiger partial charge in [-0.3, -0.25) is 4.79 Å². The Morgan fingerprint density at radius 1 is 1.35 bits per heavy atom. The van der Waals surface area contributed by atoms with E-state index in [4.69, 9.17) is 0 Å². The van der Waals surface area contributed by atoms with Crippen LogP contribution in [0.25, 0.3) is 0 Å². The minimum Gasteiger partial charge on any atom is -0.361 e. The van der Waals surface area contributed by atoms with Crippen molar-refractivity contribution in [2.75, 3.05) is 25.0 Å². The first-order valence-electron chi connectivity index (χ1n) is 5.89. The van der Waals surface area contributed by atoms with E-state index in [0.717, 1.165) is 36.2 Å². The highest BCUT2D eigenvalue weighted by Crippen LogP contribution is 2.11. The number of nitrogens with one attached hydrogen (secondary N) is 1. The highest BCUT2D eigenvalue weighted by atomic mass is 79.9. The molecule has 92 valence electrons. The zero-order valence-electron chi connectivity index (χ0n) is 9.66. The Morgan fingerprint density at radius 2 is 2.12 bits per heavy atom. The number of carbonyl (C=O) groups excluding carboxylic acids is 1. The molecule has 1 aromatic rings. The van der Waals surface area contributed by atoms with Crippen LogP contribution >= 0.6 is 15.9 Å². The normalized spacial score (nSPS) is 15.7. The number of likely N-dealkylation sites (tertiary alicyclic amines) is 1. The lowest BCUT2D eigenvalue weighted by Crippen LogP contribution is -2.39. The maximum absolute atomic E-state index is 11.9. The number of hydrogen-bond acceptors (Lipinski definition) is 3. The van der Waals surface area contributed by atoms with Crippen LogP contribution in [0.4, 0.5) is 5.82 Å². The molecule has 1 aromatic heterocycles. The van der Waals surface area contributed by atoms with E-state index < -0.39 is 0 Å². The molecule has 0 unspecified atom stereocenters. The topological polar surface area (TPSA) is 45.2 Å². The van der Waals surface area contributed by atoms with Crippen LogP contribution in [-0.4, -0.2) is 35.4 Å². The van der Waals surface area contributed by atoms with Crippen molar-refractivity contribution in [3.8, 4) is 0 Å². The fourth-order valence-electron chi connectivity index (χ4n) is 1.90. The van der Waals surface area contributed by atoms with Crippen molar-refractivity contribution in [3.63, 3.8) is 0 Å². The van der Waals surface area contributed by atoms with Gasteiger partial charge in [-0.25, -0.2) is 4.98 Å². The van der Waals surface area contributed by atoms with Gasteiger partial charge < -0.3 is 10.2 Å². The highest BCUT2D eigenvalue weighted by Gasteiger charge is 2.15. The van der Waals surface area contributed by atoms with Crippen LogP contribution in [0.5, 0.6) is 0 Å². The largest absolute Gasteiger partial charge is 0.361 e. The summed E-state index contributed by atoms with van der Waals surface area (Å²) in [6.45, 7) is 2.12. The van der Waals surface area contributed by atoms with Gasteiger partial charge in [-0.1, -0.05) is 0 Å². The van der Waals surface area contributed by atoms with Crippen molar-refractivity contribution in [2.45, 2.75) is 19.3 Å². The predicted octanol–water partition coefficient (Wildman–Crippen LogP) is 2.27. The molecule has 0 saturated carbocycles. The van der Waals surface area contributed by atoms with Gasteiger partial charge in [0.25, 0.3) is 0 Å². The Morgan fingerprint density at radius 3 is 2.76 bits per heavy atom. The molecule has 0 aliphatic carbocycles. The first kappa shape index (κ1) is 12.4. The van der Waals surface area contributed by atoms with Crippen LogP contribution in [-0.2, 0) is 4.79 Å². The zero-order valence-corrected chi connectivity index (χ0v) is 11.2. The van der Waals surface area contributed by atoms with Gasteiger partial charge in [0.05, 0.1) is 6.54 Å². The van der Waals surface area contributed by atoms with Crippen LogP contribution in [0.3, 0.4) is 0 Å². The molecule has 2 rings (SSSR count). The van der Waals surface area contributed by atoms with Crippen LogP contribution < -0.4 is 5.32 Å². The number of hydrogen-bond donors (Lipinski definition) is 1. The summed E-state index contributed by atoms with van der Waals surface area (Å²) < 4.78 is 0.936. The van der Waals surface area contributed by atoms with Crippen LogP contribution in [0.2, 0.25) is 0 Å². The molecule has 1 aliphatic heterocycles. The molecule has 1 fully saturated rings. The van der Waals surface area contributed by atoms with E-state index in [9.17, 15) is 4.79 Å². The van der Waals surface area contributed by atoms with Gasteiger partial charge in [-0.2, -0.15) is 0 Å². The quantitative estimate of drug-likeness (QED) is 0.931. The van der Waals surface area contributed by atoms with E-state index in [1.165, 1.54) is 6.42 Å². The summed E-state index contributed by atoms with van der Waals surface area (Å²) in [5.74, 6) is 0.896. The SMILES string of the molecule is O=C(CNc1ccc(Br)cn1)N1CCCCC1. The second-order valence-electron chi connectivity index (χ2n) is 4.16. The lowest BCUT2D eigenvalue weighted by Gasteiger charge is -2.26. The maximum Gasteiger partial charge on any atom is 0.241 e. The number of piperidine rings is 1. The van der Waals surface area contributed by atoms with Crippen molar-refractivity contribution >= 4 is 27.7 Å². The van der Waals surface area contributed by atoms with E-state index >= 15 is 0 Å². The summed E-state index contributed by atoms with van der Waals surface area (Å²) >= 11 is 3.32. The number of halogens is 1. The van der Waals surface area contributed by atoms with Crippen LogP contribution in [0.1, 0.15) is 19.3 Å². The summed E-state index contributed by atoms with van der Waals surface area (Å²) in [4.78, 5) is 18.0. The zero-order chi connectivity index (χ0) is 12.1. The molecular weight excluding hydrogens is 282 g/mol. The van der Waals surface area contributed by atoms with Crippen molar-refractivity contribution in [2.24, 2.45) is 0 Å². The van der Waals surface area contributed by atoms with E-state index in [2.05, 4.69) is 26.2 Å². The van der Waals surface area contributed by atoms with Crippen molar-refractivity contribution in [1.82, 2.24) is 9.88 Å². The molecule has 1 amide bonds. The first-order valence-corrected chi connectivity index (χ1v) is 6.68.